The molecule has 136 valence electrons. The lowest BCUT2D eigenvalue weighted by Gasteiger charge is -2.07. The first-order valence-electron chi connectivity index (χ1n) is 8.06. The molecule has 6 heteroatoms. The Kier molecular flexibility index (Phi) is 6.79. The third kappa shape index (κ3) is 5.11. The van der Waals surface area contributed by atoms with E-state index in [0.717, 1.165) is 11.1 Å². The summed E-state index contributed by atoms with van der Waals surface area (Å²) >= 11 is 0. The number of amides is 2. The Morgan fingerprint density at radius 2 is 1.69 bits per heavy atom. The Hall–Kier alpha value is -3.28. The molecule has 6 nitrogen and oxygen atoms in total. The van der Waals surface area contributed by atoms with Gasteiger partial charge in [0.2, 0.25) is 5.91 Å². The van der Waals surface area contributed by atoms with E-state index in [1.165, 1.54) is 6.08 Å². The summed E-state index contributed by atoms with van der Waals surface area (Å²) in [5.74, 6) is 0.883. The number of rotatable bonds is 7. The van der Waals surface area contributed by atoms with Crippen molar-refractivity contribution < 1.29 is 19.1 Å². The van der Waals surface area contributed by atoms with Crippen molar-refractivity contribution in [2.45, 2.75) is 6.54 Å². The van der Waals surface area contributed by atoms with Gasteiger partial charge in [-0.25, -0.2) is 0 Å². The maximum Gasteiger partial charge on any atom is 0.251 e. The molecule has 2 aromatic rings. The summed E-state index contributed by atoms with van der Waals surface area (Å²) in [6.07, 6.45) is 3.16. The molecule has 2 amide bonds. The third-order valence-electron chi connectivity index (χ3n) is 3.74. The Morgan fingerprint density at radius 3 is 2.31 bits per heavy atom. The standard InChI is InChI=1S/C20H22N2O4/c1-21-20(24)16-8-4-15(5-9-16)13-22-19(23)11-7-14-6-10-17(25-2)18(12-14)26-3/h4-12H,13H2,1-3H3,(H,21,24)(H,22,23)/b11-7+. The quantitative estimate of drug-likeness (QED) is 0.749. The van der Waals surface area contributed by atoms with Gasteiger partial charge in [-0.2, -0.15) is 0 Å². The van der Waals surface area contributed by atoms with Crippen LogP contribution in [0.15, 0.2) is 48.5 Å². The first-order valence-corrected chi connectivity index (χ1v) is 8.06. The van der Waals surface area contributed by atoms with Gasteiger partial charge in [0.05, 0.1) is 14.2 Å². The summed E-state index contributed by atoms with van der Waals surface area (Å²) in [7, 11) is 4.72. The third-order valence-corrected chi connectivity index (χ3v) is 3.74. The Bertz CT molecular complexity index is 798. The molecular formula is C20H22N2O4. The molecule has 0 fully saturated rings. The van der Waals surface area contributed by atoms with E-state index < -0.39 is 0 Å². The minimum Gasteiger partial charge on any atom is -0.493 e. The molecule has 0 saturated carbocycles. The van der Waals surface area contributed by atoms with Gasteiger partial charge in [-0.05, 0) is 41.5 Å². The van der Waals surface area contributed by atoms with Gasteiger partial charge in [0.15, 0.2) is 11.5 Å². The topological polar surface area (TPSA) is 76.7 Å². The molecule has 0 aliphatic heterocycles. The highest BCUT2D eigenvalue weighted by Crippen LogP contribution is 2.27. The van der Waals surface area contributed by atoms with Crippen LogP contribution in [0.4, 0.5) is 0 Å². The first kappa shape index (κ1) is 19.1. The predicted octanol–water partition coefficient (Wildman–Crippen LogP) is 2.39. The van der Waals surface area contributed by atoms with Crippen molar-refractivity contribution in [3.63, 3.8) is 0 Å². The number of ether oxygens (including phenoxy) is 2. The van der Waals surface area contributed by atoms with Crippen molar-refractivity contribution in [1.82, 2.24) is 10.6 Å². The minimum atomic E-state index is -0.213. The monoisotopic (exact) mass is 354 g/mol. The lowest BCUT2D eigenvalue weighted by atomic mass is 10.1. The number of methoxy groups -OCH3 is 2. The zero-order valence-electron chi connectivity index (χ0n) is 15.0. The van der Waals surface area contributed by atoms with Crippen molar-refractivity contribution >= 4 is 17.9 Å². The van der Waals surface area contributed by atoms with Gasteiger partial charge in [-0.1, -0.05) is 18.2 Å². The van der Waals surface area contributed by atoms with Crippen LogP contribution in [0, 0.1) is 0 Å². The van der Waals surface area contributed by atoms with Crippen LogP contribution in [0.3, 0.4) is 0 Å². The number of nitrogens with one attached hydrogen (secondary N) is 2. The average Bonchev–Trinajstić information content (AvgIpc) is 2.70. The summed E-state index contributed by atoms with van der Waals surface area (Å²) in [5, 5.41) is 5.36. The maximum atomic E-state index is 12.0. The zero-order chi connectivity index (χ0) is 18.9. The van der Waals surface area contributed by atoms with E-state index in [1.54, 1.807) is 51.6 Å². The van der Waals surface area contributed by atoms with Gasteiger partial charge >= 0.3 is 0 Å². The van der Waals surface area contributed by atoms with Crippen LogP contribution in [0.25, 0.3) is 6.08 Å². The minimum absolute atomic E-state index is 0.140. The van der Waals surface area contributed by atoms with Gasteiger partial charge in [-0.15, -0.1) is 0 Å². The van der Waals surface area contributed by atoms with Crippen molar-refractivity contribution in [1.29, 1.82) is 0 Å². The molecular weight excluding hydrogens is 332 g/mol. The fourth-order valence-electron chi connectivity index (χ4n) is 2.29. The fraction of sp³-hybridized carbons (Fsp3) is 0.200. The molecule has 2 rings (SSSR count). The molecule has 0 heterocycles. The smallest absolute Gasteiger partial charge is 0.251 e. The van der Waals surface area contributed by atoms with Crippen LogP contribution in [-0.4, -0.2) is 33.1 Å². The molecule has 0 saturated heterocycles. The molecule has 0 unspecified atom stereocenters. The SMILES string of the molecule is CNC(=O)c1ccc(CNC(=O)/C=C/c2ccc(OC)c(OC)c2)cc1. The molecule has 2 N–H and O–H groups in total. The molecule has 0 spiro atoms. The van der Waals surface area contributed by atoms with Crippen LogP contribution in [0.2, 0.25) is 0 Å². The maximum absolute atomic E-state index is 12.0. The van der Waals surface area contributed by atoms with Gasteiger partial charge in [0.1, 0.15) is 0 Å². The first-order chi connectivity index (χ1) is 12.6. The Morgan fingerprint density at radius 1 is 1.00 bits per heavy atom. The second kappa shape index (κ2) is 9.27. The predicted molar refractivity (Wildman–Crippen MR) is 100 cm³/mol. The van der Waals surface area contributed by atoms with Crippen molar-refractivity contribution in [2.75, 3.05) is 21.3 Å². The molecule has 26 heavy (non-hydrogen) atoms. The van der Waals surface area contributed by atoms with Crippen LogP contribution < -0.4 is 20.1 Å². The highest BCUT2D eigenvalue weighted by atomic mass is 16.5. The zero-order valence-corrected chi connectivity index (χ0v) is 15.0. The molecule has 0 aliphatic carbocycles. The van der Waals surface area contributed by atoms with Gasteiger partial charge < -0.3 is 20.1 Å². The number of carbonyl (C=O) groups is 2. The average molecular weight is 354 g/mol. The van der Waals surface area contributed by atoms with Gasteiger partial charge in [0, 0.05) is 25.2 Å². The van der Waals surface area contributed by atoms with Crippen molar-refractivity contribution in [3.05, 3.63) is 65.2 Å². The second-order valence-electron chi connectivity index (χ2n) is 5.44. The molecule has 0 bridgehead atoms. The van der Waals surface area contributed by atoms with Crippen LogP contribution in [0.1, 0.15) is 21.5 Å². The summed E-state index contributed by atoms with van der Waals surface area (Å²) < 4.78 is 10.4. The lowest BCUT2D eigenvalue weighted by Crippen LogP contribution is -2.20. The molecule has 0 radical (unpaired) electrons. The highest BCUT2D eigenvalue weighted by molar-refractivity contribution is 5.94. The number of hydrogen-bond donors (Lipinski definition) is 2. The van der Waals surface area contributed by atoms with Crippen molar-refractivity contribution in [2.24, 2.45) is 0 Å². The molecule has 0 aromatic heterocycles. The van der Waals surface area contributed by atoms with E-state index in [0.29, 0.717) is 23.6 Å². The number of hydrogen-bond acceptors (Lipinski definition) is 4. The second-order valence-corrected chi connectivity index (χ2v) is 5.44. The number of carbonyl (C=O) groups excluding carboxylic acids is 2. The van der Waals surface area contributed by atoms with E-state index in [9.17, 15) is 9.59 Å². The normalized spacial score (nSPS) is 10.4. The highest BCUT2D eigenvalue weighted by Gasteiger charge is 2.04. The van der Waals surface area contributed by atoms with Crippen LogP contribution >= 0.6 is 0 Å². The van der Waals surface area contributed by atoms with Crippen LogP contribution in [0.5, 0.6) is 11.5 Å². The van der Waals surface area contributed by atoms with E-state index in [-0.39, 0.29) is 11.8 Å². The van der Waals surface area contributed by atoms with E-state index in [1.807, 2.05) is 18.2 Å². The number of benzene rings is 2. The molecule has 2 aromatic carbocycles. The summed E-state index contributed by atoms with van der Waals surface area (Å²) in [4.78, 5) is 23.5. The molecule has 0 aliphatic rings. The largest absolute Gasteiger partial charge is 0.493 e. The van der Waals surface area contributed by atoms with E-state index in [2.05, 4.69) is 10.6 Å². The van der Waals surface area contributed by atoms with E-state index >= 15 is 0 Å². The van der Waals surface area contributed by atoms with Gasteiger partial charge in [-0.3, -0.25) is 9.59 Å². The fourth-order valence-corrected chi connectivity index (χ4v) is 2.29. The summed E-state index contributed by atoms with van der Waals surface area (Å²) in [6.45, 7) is 0.378. The van der Waals surface area contributed by atoms with Gasteiger partial charge in [0.25, 0.3) is 5.91 Å². The van der Waals surface area contributed by atoms with Crippen molar-refractivity contribution in [3.8, 4) is 11.5 Å². The lowest BCUT2D eigenvalue weighted by molar-refractivity contribution is -0.116. The van der Waals surface area contributed by atoms with Crippen LogP contribution in [-0.2, 0) is 11.3 Å². The molecule has 0 atom stereocenters. The summed E-state index contributed by atoms with van der Waals surface area (Å²) in [6, 6.07) is 12.5. The Labute approximate surface area is 152 Å². The Balaban J connectivity index is 1.92. The van der Waals surface area contributed by atoms with E-state index in [4.69, 9.17) is 9.47 Å². The summed E-state index contributed by atoms with van der Waals surface area (Å²) in [5.41, 5.74) is 2.31.